The molecule has 1 rings (SSSR count). The van der Waals surface area contributed by atoms with Crippen LogP contribution >= 0.6 is 0 Å². The van der Waals surface area contributed by atoms with Crippen molar-refractivity contribution in [1.29, 1.82) is 0 Å². The normalized spacial score (nSPS) is 24.4. The van der Waals surface area contributed by atoms with E-state index in [9.17, 15) is 0 Å². The molecule has 1 heterocycles. The second-order valence-corrected chi connectivity index (χ2v) is 5.10. The van der Waals surface area contributed by atoms with Crippen molar-refractivity contribution in [3.05, 3.63) is 0 Å². The molecule has 3 nitrogen and oxygen atoms in total. The lowest BCUT2D eigenvalue weighted by molar-refractivity contribution is -0.0206. The second-order valence-electron chi connectivity index (χ2n) is 5.10. The summed E-state index contributed by atoms with van der Waals surface area (Å²) in [5.41, 5.74) is -0.0234. The third kappa shape index (κ3) is 4.40. The number of rotatable bonds is 4. The molecule has 14 heavy (non-hydrogen) atoms. The molecule has 1 fully saturated rings. The highest BCUT2D eigenvalue weighted by Gasteiger charge is 2.23. The van der Waals surface area contributed by atoms with Gasteiger partial charge in [-0.05, 0) is 39.7 Å². The van der Waals surface area contributed by atoms with Gasteiger partial charge in [-0.25, -0.2) is 0 Å². The predicted molar refractivity (Wildman–Crippen MR) is 57.3 cm³/mol. The fourth-order valence-electron chi connectivity index (χ4n) is 1.76. The zero-order valence-corrected chi connectivity index (χ0v) is 9.62. The average Bonchev–Trinajstić information content (AvgIpc) is 2.49. The van der Waals surface area contributed by atoms with Gasteiger partial charge in [0.05, 0.1) is 18.8 Å². The van der Waals surface area contributed by atoms with Crippen LogP contribution in [0.4, 0.5) is 0 Å². The second kappa shape index (κ2) is 5.10. The van der Waals surface area contributed by atoms with E-state index in [0.29, 0.717) is 5.92 Å². The average molecular weight is 201 g/mol. The fourth-order valence-corrected chi connectivity index (χ4v) is 1.76. The van der Waals surface area contributed by atoms with Gasteiger partial charge in [-0.2, -0.15) is 0 Å². The van der Waals surface area contributed by atoms with Crippen molar-refractivity contribution in [2.45, 2.75) is 32.8 Å². The maximum absolute atomic E-state index is 8.80. The van der Waals surface area contributed by atoms with Crippen LogP contribution < -0.4 is 0 Å². The number of hydrogen-bond acceptors (Lipinski definition) is 3. The summed E-state index contributed by atoms with van der Waals surface area (Å²) < 4.78 is 5.75. The number of aliphatic hydroxyl groups excluding tert-OH is 1. The highest BCUT2D eigenvalue weighted by atomic mass is 16.5. The Morgan fingerprint density at radius 2 is 2.14 bits per heavy atom. The van der Waals surface area contributed by atoms with Crippen LogP contribution in [-0.2, 0) is 4.74 Å². The molecule has 1 aliphatic rings. The van der Waals surface area contributed by atoms with E-state index in [1.54, 1.807) is 0 Å². The third-order valence-corrected chi connectivity index (χ3v) is 2.54. The van der Waals surface area contributed by atoms with Crippen LogP contribution in [0.25, 0.3) is 0 Å². The first kappa shape index (κ1) is 12.0. The maximum atomic E-state index is 8.80. The number of nitrogens with zero attached hydrogens (tertiary/aromatic N) is 1. The lowest BCUT2D eigenvalue weighted by atomic mass is 10.1. The van der Waals surface area contributed by atoms with Crippen LogP contribution in [0.2, 0.25) is 0 Å². The molecule has 0 saturated carbocycles. The Hall–Kier alpha value is -0.120. The van der Waals surface area contributed by atoms with Gasteiger partial charge in [-0.15, -0.1) is 0 Å². The van der Waals surface area contributed by atoms with Crippen LogP contribution in [0.1, 0.15) is 27.2 Å². The van der Waals surface area contributed by atoms with Crippen molar-refractivity contribution in [2.24, 2.45) is 5.92 Å². The zero-order valence-electron chi connectivity index (χ0n) is 9.62. The standard InChI is InChI=1S/C11H23NO2/c1-11(2,3)14-9-10-4-5-12(8-10)6-7-13/h10,13H,4-9H2,1-3H3. The van der Waals surface area contributed by atoms with Gasteiger partial charge in [-0.1, -0.05) is 0 Å². The molecule has 3 heteroatoms. The maximum Gasteiger partial charge on any atom is 0.0598 e. The summed E-state index contributed by atoms with van der Waals surface area (Å²) >= 11 is 0. The molecule has 1 atom stereocenters. The Morgan fingerprint density at radius 1 is 1.43 bits per heavy atom. The van der Waals surface area contributed by atoms with Gasteiger partial charge in [-0.3, -0.25) is 0 Å². The minimum Gasteiger partial charge on any atom is -0.395 e. The molecule has 0 aromatic carbocycles. The van der Waals surface area contributed by atoms with E-state index in [1.807, 2.05) is 0 Å². The van der Waals surface area contributed by atoms with Gasteiger partial charge in [0, 0.05) is 13.1 Å². The van der Waals surface area contributed by atoms with Crippen molar-refractivity contribution in [3.63, 3.8) is 0 Å². The molecule has 0 radical (unpaired) electrons. The molecule has 0 aliphatic carbocycles. The summed E-state index contributed by atoms with van der Waals surface area (Å²) in [6.45, 7) is 10.4. The largest absolute Gasteiger partial charge is 0.395 e. The first-order valence-electron chi connectivity index (χ1n) is 5.48. The molecule has 1 saturated heterocycles. The number of β-amino-alcohol motifs (C(OH)–C–C–N with tert-alkyl or cyclic N) is 1. The van der Waals surface area contributed by atoms with Crippen molar-refractivity contribution in [3.8, 4) is 0 Å². The van der Waals surface area contributed by atoms with Gasteiger partial charge >= 0.3 is 0 Å². The van der Waals surface area contributed by atoms with Crippen molar-refractivity contribution >= 4 is 0 Å². The third-order valence-electron chi connectivity index (χ3n) is 2.54. The Balaban J connectivity index is 2.16. The van der Waals surface area contributed by atoms with Crippen LogP contribution in [0, 0.1) is 5.92 Å². The predicted octanol–water partition coefficient (Wildman–Crippen LogP) is 1.12. The Bertz CT molecular complexity index is 165. The van der Waals surface area contributed by atoms with E-state index < -0.39 is 0 Å². The molecule has 1 N–H and O–H groups in total. The van der Waals surface area contributed by atoms with Crippen LogP contribution in [-0.4, -0.2) is 48.5 Å². The van der Waals surface area contributed by atoms with E-state index >= 15 is 0 Å². The molecule has 0 spiro atoms. The van der Waals surface area contributed by atoms with E-state index in [1.165, 1.54) is 6.42 Å². The molecular weight excluding hydrogens is 178 g/mol. The van der Waals surface area contributed by atoms with Gasteiger partial charge in [0.25, 0.3) is 0 Å². The summed E-state index contributed by atoms with van der Waals surface area (Å²) in [5, 5.41) is 8.80. The lowest BCUT2D eigenvalue weighted by Gasteiger charge is -2.22. The zero-order chi connectivity index (χ0) is 10.6. The summed E-state index contributed by atoms with van der Waals surface area (Å²) in [5.74, 6) is 0.653. The van der Waals surface area contributed by atoms with Crippen molar-refractivity contribution in [2.75, 3.05) is 32.8 Å². The number of aliphatic hydroxyl groups is 1. The summed E-state index contributed by atoms with van der Waals surface area (Å²) in [7, 11) is 0. The van der Waals surface area contributed by atoms with Crippen LogP contribution in [0.15, 0.2) is 0 Å². The quantitative estimate of drug-likeness (QED) is 0.739. The Morgan fingerprint density at radius 3 is 2.71 bits per heavy atom. The Labute approximate surface area is 87.1 Å². The van der Waals surface area contributed by atoms with Crippen molar-refractivity contribution < 1.29 is 9.84 Å². The van der Waals surface area contributed by atoms with Crippen LogP contribution in [0.5, 0.6) is 0 Å². The molecule has 0 aromatic rings. The monoisotopic (exact) mass is 201 g/mol. The topological polar surface area (TPSA) is 32.7 Å². The number of ether oxygens (including phenoxy) is 1. The highest BCUT2D eigenvalue weighted by molar-refractivity contribution is 4.75. The van der Waals surface area contributed by atoms with Gasteiger partial charge in [0.1, 0.15) is 0 Å². The molecule has 0 aromatic heterocycles. The van der Waals surface area contributed by atoms with Gasteiger partial charge in [0.2, 0.25) is 0 Å². The first-order chi connectivity index (χ1) is 6.51. The van der Waals surface area contributed by atoms with Crippen molar-refractivity contribution in [1.82, 2.24) is 4.90 Å². The van der Waals surface area contributed by atoms with Gasteiger partial charge in [0.15, 0.2) is 0 Å². The molecule has 0 bridgehead atoms. The summed E-state index contributed by atoms with van der Waals surface area (Å²) in [6, 6.07) is 0. The molecule has 1 unspecified atom stereocenters. The molecule has 1 aliphatic heterocycles. The summed E-state index contributed by atoms with van der Waals surface area (Å²) in [4.78, 5) is 2.30. The molecule has 0 amide bonds. The fraction of sp³-hybridized carbons (Fsp3) is 1.00. The lowest BCUT2D eigenvalue weighted by Crippen LogP contribution is -2.27. The van der Waals surface area contributed by atoms with Crippen LogP contribution in [0.3, 0.4) is 0 Å². The Kier molecular flexibility index (Phi) is 4.35. The highest BCUT2D eigenvalue weighted by Crippen LogP contribution is 2.18. The minimum absolute atomic E-state index is 0.0234. The summed E-state index contributed by atoms with van der Waals surface area (Å²) in [6.07, 6.45) is 1.20. The van der Waals surface area contributed by atoms with Gasteiger partial charge < -0.3 is 14.7 Å². The number of hydrogen-bond donors (Lipinski definition) is 1. The van der Waals surface area contributed by atoms with E-state index in [2.05, 4.69) is 25.7 Å². The van der Waals surface area contributed by atoms with E-state index in [4.69, 9.17) is 9.84 Å². The minimum atomic E-state index is -0.0234. The number of likely N-dealkylation sites (tertiary alicyclic amines) is 1. The van der Waals surface area contributed by atoms with E-state index in [-0.39, 0.29) is 12.2 Å². The van der Waals surface area contributed by atoms with E-state index in [0.717, 1.165) is 26.2 Å². The molecular formula is C11H23NO2. The first-order valence-corrected chi connectivity index (χ1v) is 5.48. The SMILES string of the molecule is CC(C)(C)OCC1CCN(CCO)C1. The molecule has 84 valence electrons. The smallest absolute Gasteiger partial charge is 0.0598 e.